The van der Waals surface area contributed by atoms with Crippen molar-refractivity contribution in [3.63, 3.8) is 0 Å². The van der Waals surface area contributed by atoms with Crippen LogP contribution in [-0.4, -0.2) is 54.7 Å². The molecule has 16 heavy (non-hydrogen) atoms. The Balaban J connectivity index is 2.16. The van der Waals surface area contributed by atoms with Gasteiger partial charge in [-0.15, -0.1) is 0 Å². The van der Waals surface area contributed by atoms with Crippen LogP contribution >= 0.6 is 12.6 Å². The molecule has 1 N–H and O–H groups in total. The van der Waals surface area contributed by atoms with Gasteiger partial charge in [0.15, 0.2) is 0 Å². The molecule has 1 rings (SSSR count). The summed E-state index contributed by atoms with van der Waals surface area (Å²) in [5, 5.41) is 8.69. The minimum atomic E-state index is 0.137. The molecule has 0 spiro atoms. The number of hydrogen-bond donors (Lipinski definition) is 2. The van der Waals surface area contributed by atoms with E-state index in [0.29, 0.717) is 12.7 Å². The zero-order valence-electron chi connectivity index (χ0n) is 10.3. The molecule has 1 fully saturated rings. The summed E-state index contributed by atoms with van der Waals surface area (Å²) in [5.74, 6) is 1.70. The quantitative estimate of drug-likeness (QED) is 0.667. The van der Waals surface area contributed by atoms with Gasteiger partial charge < -0.3 is 14.7 Å². The molecular formula is C12H25NO2S. The SMILES string of the molecule is CCC(CS)CN1CCC(OCCO)CC1. The van der Waals surface area contributed by atoms with Gasteiger partial charge >= 0.3 is 0 Å². The van der Waals surface area contributed by atoms with Gasteiger partial charge in [-0.1, -0.05) is 13.3 Å². The maximum Gasteiger partial charge on any atom is 0.0701 e. The van der Waals surface area contributed by atoms with Gasteiger partial charge in [0.1, 0.15) is 0 Å². The van der Waals surface area contributed by atoms with Crippen molar-refractivity contribution in [2.75, 3.05) is 38.6 Å². The third kappa shape index (κ3) is 5.04. The molecule has 1 atom stereocenters. The van der Waals surface area contributed by atoms with Gasteiger partial charge in [0.05, 0.1) is 19.3 Å². The number of likely N-dealkylation sites (tertiary alicyclic amines) is 1. The molecule has 1 unspecified atom stereocenters. The summed E-state index contributed by atoms with van der Waals surface area (Å²) >= 11 is 4.38. The summed E-state index contributed by atoms with van der Waals surface area (Å²) in [4.78, 5) is 2.52. The highest BCUT2D eigenvalue weighted by atomic mass is 32.1. The van der Waals surface area contributed by atoms with Crippen LogP contribution < -0.4 is 0 Å². The van der Waals surface area contributed by atoms with Crippen LogP contribution in [0.5, 0.6) is 0 Å². The van der Waals surface area contributed by atoms with Gasteiger partial charge in [-0.3, -0.25) is 0 Å². The fourth-order valence-corrected chi connectivity index (χ4v) is 2.53. The molecule has 0 aliphatic carbocycles. The third-order valence-electron chi connectivity index (χ3n) is 3.33. The first-order valence-corrected chi connectivity index (χ1v) is 6.99. The van der Waals surface area contributed by atoms with Crippen LogP contribution in [0.1, 0.15) is 26.2 Å². The number of thiol groups is 1. The molecule has 0 aromatic carbocycles. The largest absolute Gasteiger partial charge is 0.394 e. The van der Waals surface area contributed by atoms with Gasteiger partial charge in [-0.05, 0) is 24.5 Å². The summed E-state index contributed by atoms with van der Waals surface area (Å²) in [5.41, 5.74) is 0. The molecule has 1 heterocycles. The fourth-order valence-electron chi connectivity index (χ4n) is 2.16. The van der Waals surface area contributed by atoms with Crippen molar-refractivity contribution in [3.8, 4) is 0 Å². The molecule has 96 valence electrons. The Labute approximate surface area is 105 Å². The molecule has 0 aromatic rings. The van der Waals surface area contributed by atoms with Crippen LogP contribution in [0.4, 0.5) is 0 Å². The molecule has 1 aliphatic heterocycles. The predicted octanol–water partition coefficient (Wildman–Crippen LogP) is 1.42. The van der Waals surface area contributed by atoms with Crippen LogP contribution in [0, 0.1) is 5.92 Å². The van der Waals surface area contributed by atoms with Crippen molar-refractivity contribution >= 4 is 12.6 Å². The van der Waals surface area contributed by atoms with Crippen molar-refractivity contribution in [1.29, 1.82) is 0 Å². The highest BCUT2D eigenvalue weighted by Crippen LogP contribution is 2.16. The monoisotopic (exact) mass is 247 g/mol. The predicted molar refractivity (Wildman–Crippen MR) is 70.1 cm³/mol. The Morgan fingerprint density at radius 2 is 2.12 bits per heavy atom. The zero-order chi connectivity index (χ0) is 11.8. The van der Waals surface area contributed by atoms with Gasteiger partial charge in [0.25, 0.3) is 0 Å². The van der Waals surface area contributed by atoms with Crippen LogP contribution in [0.25, 0.3) is 0 Å². The van der Waals surface area contributed by atoms with E-state index in [-0.39, 0.29) is 6.61 Å². The minimum Gasteiger partial charge on any atom is -0.394 e. The average Bonchev–Trinajstić information content (AvgIpc) is 2.35. The van der Waals surface area contributed by atoms with E-state index in [1.165, 1.54) is 13.0 Å². The lowest BCUT2D eigenvalue weighted by molar-refractivity contribution is -0.00954. The number of aliphatic hydroxyl groups excluding tert-OH is 1. The first-order valence-electron chi connectivity index (χ1n) is 6.35. The molecule has 0 bridgehead atoms. The number of piperidine rings is 1. The van der Waals surface area contributed by atoms with Crippen LogP contribution in [0.2, 0.25) is 0 Å². The molecule has 1 saturated heterocycles. The van der Waals surface area contributed by atoms with Crippen molar-refractivity contribution < 1.29 is 9.84 Å². The van der Waals surface area contributed by atoms with Crippen LogP contribution in [-0.2, 0) is 4.74 Å². The summed E-state index contributed by atoms with van der Waals surface area (Å²) in [6.07, 6.45) is 3.77. The molecule has 0 aromatic heterocycles. The van der Waals surface area contributed by atoms with Gasteiger partial charge in [0.2, 0.25) is 0 Å². The number of hydrogen-bond acceptors (Lipinski definition) is 4. The molecule has 1 aliphatic rings. The van der Waals surface area contributed by atoms with E-state index >= 15 is 0 Å². The summed E-state index contributed by atoms with van der Waals surface area (Å²) in [7, 11) is 0. The Hall–Kier alpha value is 0.230. The number of aliphatic hydroxyl groups is 1. The van der Waals surface area contributed by atoms with E-state index in [9.17, 15) is 0 Å². The summed E-state index contributed by atoms with van der Waals surface area (Å²) in [6, 6.07) is 0. The standard InChI is InChI=1S/C12H25NO2S/c1-2-11(10-16)9-13-5-3-12(4-6-13)15-8-7-14/h11-12,14,16H,2-10H2,1H3. The van der Waals surface area contributed by atoms with Crippen molar-refractivity contribution in [3.05, 3.63) is 0 Å². The summed E-state index contributed by atoms with van der Waals surface area (Å²) in [6.45, 7) is 6.28. The van der Waals surface area contributed by atoms with Crippen molar-refractivity contribution in [2.45, 2.75) is 32.3 Å². The maximum absolute atomic E-state index is 8.69. The minimum absolute atomic E-state index is 0.137. The van der Waals surface area contributed by atoms with E-state index < -0.39 is 0 Å². The molecule has 0 radical (unpaired) electrons. The van der Waals surface area contributed by atoms with Crippen molar-refractivity contribution in [2.24, 2.45) is 5.92 Å². The van der Waals surface area contributed by atoms with Crippen molar-refractivity contribution in [1.82, 2.24) is 4.90 Å². The molecule has 3 nitrogen and oxygen atoms in total. The number of ether oxygens (including phenoxy) is 1. The highest BCUT2D eigenvalue weighted by Gasteiger charge is 2.20. The Kier molecular flexibility index (Phi) is 7.45. The first kappa shape index (κ1) is 14.3. The van der Waals surface area contributed by atoms with E-state index in [2.05, 4.69) is 24.5 Å². The first-order chi connectivity index (χ1) is 7.80. The lowest BCUT2D eigenvalue weighted by Crippen LogP contribution is -2.40. The molecule has 0 saturated carbocycles. The number of rotatable bonds is 7. The van der Waals surface area contributed by atoms with Gasteiger partial charge in [0, 0.05) is 19.6 Å². The van der Waals surface area contributed by atoms with Crippen LogP contribution in [0.3, 0.4) is 0 Å². The Morgan fingerprint density at radius 1 is 1.44 bits per heavy atom. The maximum atomic E-state index is 8.69. The van der Waals surface area contributed by atoms with Gasteiger partial charge in [-0.25, -0.2) is 0 Å². The third-order valence-corrected chi connectivity index (χ3v) is 3.85. The highest BCUT2D eigenvalue weighted by molar-refractivity contribution is 7.80. The Morgan fingerprint density at radius 3 is 2.62 bits per heavy atom. The second-order valence-corrected chi connectivity index (χ2v) is 4.92. The van der Waals surface area contributed by atoms with Gasteiger partial charge in [-0.2, -0.15) is 12.6 Å². The molecular weight excluding hydrogens is 222 g/mol. The smallest absolute Gasteiger partial charge is 0.0701 e. The van der Waals surface area contributed by atoms with Crippen LogP contribution in [0.15, 0.2) is 0 Å². The lowest BCUT2D eigenvalue weighted by Gasteiger charge is -2.33. The van der Waals surface area contributed by atoms with E-state index in [0.717, 1.165) is 37.6 Å². The normalized spacial score (nSPS) is 21.2. The second-order valence-electron chi connectivity index (χ2n) is 4.55. The molecule has 4 heteroatoms. The zero-order valence-corrected chi connectivity index (χ0v) is 11.2. The van der Waals surface area contributed by atoms with E-state index in [4.69, 9.17) is 9.84 Å². The Bertz CT molecular complexity index is 168. The summed E-state index contributed by atoms with van der Waals surface area (Å²) < 4.78 is 5.55. The van der Waals surface area contributed by atoms with E-state index in [1.807, 2.05) is 0 Å². The van der Waals surface area contributed by atoms with E-state index in [1.54, 1.807) is 0 Å². The average molecular weight is 247 g/mol. The second kappa shape index (κ2) is 8.34. The number of nitrogens with zero attached hydrogens (tertiary/aromatic N) is 1. The topological polar surface area (TPSA) is 32.7 Å². The molecule has 0 amide bonds. The lowest BCUT2D eigenvalue weighted by atomic mass is 10.0. The fraction of sp³-hybridized carbons (Fsp3) is 1.00.